The van der Waals surface area contributed by atoms with E-state index in [9.17, 15) is 18.0 Å². The number of amides is 1. The van der Waals surface area contributed by atoms with Gasteiger partial charge in [0, 0.05) is 31.9 Å². The molecule has 2 heterocycles. The number of ether oxygens (including phenoxy) is 1. The van der Waals surface area contributed by atoms with Crippen molar-refractivity contribution in [2.75, 3.05) is 33.5 Å². The Morgan fingerprint density at radius 3 is 2.36 bits per heavy atom. The highest BCUT2D eigenvalue weighted by atomic mass is 32.2. The van der Waals surface area contributed by atoms with Crippen molar-refractivity contribution >= 4 is 33.1 Å². The van der Waals surface area contributed by atoms with Crippen LogP contribution >= 0.6 is 11.3 Å². The molecule has 9 nitrogen and oxygen atoms in total. The summed E-state index contributed by atoms with van der Waals surface area (Å²) < 4.78 is 36.5. The fraction of sp³-hybridized carbons (Fsp3) is 0.464. The Labute approximate surface area is 233 Å². The highest BCUT2D eigenvalue weighted by Gasteiger charge is 2.53. The zero-order valence-corrected chi connectivity index (χ0v) is 24.7. The Bertz CT molecular complexity index is 1440. The highest BCUT2D eigenvalue weighted by Crippen LogP contribution is 2.50. The molecule has 0 N–H and O–H groups in total. The number of hydrogen-bond acceptors (Lipinski definition) is 8. The number of nitrogens with zero attached hydrogens (tertiary/aromatic N) is 3. The van der Waals surface area contributed by atoms with E-state index in [2.05, 4.69) is 4.98 Å². The van der Waals surface area contributed by atoms with E-state index in [1.165, 1.54) is 25.4 Å². The number of carbonyl (C=O) groups is 2. The van der Waals surface area contributed by atoms with Crippen LogP contribution in [0.5, 0.6) is 5.75 Å². The Morgan fingerprint density at radius 2 is 1.79 bits per heavy atom. The van der Waals surface area contributed by atoms with Gasteiger partial charge in [-0.05, 0) is 62.9 Å². The molecule has 2 aromatic heterocycles. The van der Waals surface area contributed by atoms with E-state index in [4.69, 9.17) is 9.15 Å². The molecule has 1 fully saturated rings. The van der Waals surface area contributed by atoms with Gasteiger partial charge in [0.05, 0.1) is 19.1 Å². The van der Waals surface area contributed by atoms with Crippen LogP contribution in [0.3, 0.4) is 0 Å². The largest absolute Gasteiger partial charge is 0.497 e. The monoisotopic (exact) mass is 573 g/mol. The van der Waals surface area contributed by atoms with Crippen molar-refractivity contribution in [3.05, 3.63) is 69.1 Å². The Morgan fingerprint density at radius 1 is 1.10 bits per heavy atom. The molecule has 0 aliphatic heterocycles. The third-order valence-electron chi connectivity index (χ3n) is 7.04. The standard InChI is InChI=1S/C28H35N3O6S2/c1-19-8-11-23(37-19)7-6-16-31(27(33)28(14-15-28)21-9-12-22(36-5)13-10-21)17-25-29-26(20(2)38-25)24(32)18-39(34,35)30(3)4/h8-13H,6-7,14-18H2,1-5H3. The fourth-order valence-electron chi connectivity index (χ4n) is 4.58. The van der Waals surface area contributed by atoms with Crippen LogP contribution in [0, 0.1) is 13.8 Å². The van der Waals surface area contributed by atoms with E-state index in [1.807, 2.05) is 48.2 Å². The summed E-state index contributed by atoms with van der Waals surface area (Å²) >= 11 is 1.32. The summed E-state index contributed by atoms with van der Waals surface area (Å²) in [4.78, 5) is 33.8. The number of aryl methyl sites for hydroxylation is 3. The molecule has 1 aliphatic rings. The first kappa shape index (κ1) is 29.0. The maximum Gasteiger partial charge on any atom is 0.233 e. The number of aromatic nitrogens is 1. The Balaban J connectivity index is 1.55. The fourth-order valence-corrected chi connectivity index (χ4v) is 6.28. The van der Waals surface area contributed by atoms with Crippen LogP contribution in [-0.2, 0) is 33.2 Å². The number of ketones is 1. The van der Waals surface area contributed by atoms with E-state index in [0.717, 1.165) is 40.0 Å². The summed E-state index contributed by atoms with van der Waals surface area (Å²) in [6, 6.07) is 11.5. The molecule has 1 aromatic carbocycles. The number of Topliss-reactive ketones (excluding diaryl/α,β-unsaturated/α-hetero) is 1. The molecule has 11 heteroatoms. The third-order valence-corrected chi connectivity index (χ3v) is 9.73. The summed E-state index contributed by atoms with van der Waals surface area (Å²) in [7, 11) is 0.694. The predicted octanol–water partition coefficient (Wildman–Crippen LogP) is 4.13. The van der Waals surface area contributed by atoms with Gasteiger partial charge < -0.3 is 14.1 Å². The molecular weight excluding hydrogens is 538 g/mol. The number of carbonyl (C=O) groups excluding carboxylic acids is 2. The van der Waals surface area contributed by atoms with Crippen LogP contribution in [-0.4, -0.2) is 67.8 Å². The summed E-state index contributed by atoms with van der Waals surface area (Å²) in [5.41, 5.74) is 0.522. The van der Waals surface area contributed by atoms with Gasteiger partial charge in [-0.3, -0.25) is 9.59 Å². The lowest BCUT2D eigenvalue weighted by Gasteiger charge is -2.27. The van der Waals surface area contributed by atoms with Crippen molar-refractivity contribution in [1.82, 2.24) is 14.2 Å². The number of hydrogen-bond donors (Lipinski definition) is 0. The summed E-state index contributed by atoms with van der Waals surface area (Å²) in [5.74, 6) is 1.29. The normalized spacial score (nSPS) is 14.4. The maximum atomic E-state index is 14.0. The van der Waals surface area contributed by atoms with Crippen molar-refractivity contribution in [2.45, 2.75) is 51.5 Å². The lowest BCUT2D eigenvalue weighted by atomic mass is 9.94. The molecule has 1 saturated carbocycles. The van der Waals surface area contributed by atoms with Gasteiger partial charge in [-0.1, -0.05) is 12.1 Å². The zero-order chi connectivity index (χ0) is 28.4. The van der Waals surface area contributed by atoms with Crippen molar-refractivity contribution in [3.63, 3.8) is 0 Å². The molecular formula is C28H35N3O6S2. The second kappa shape index (κ2) is 11.6. The van der Waals surface area contributed by atoms with Gasteiger partial charge in [0.2, 0.25) is 15.9 Å². The van der Waals surface area contributed by atoms with Gasteiger partial charge in [-0.2, -0.15) is 0 Å². The second-order valence-corrected chi connectivity index (χ2v) is 13.6. The quantitative estimate of drug-likeness (QED) is 0.283. The second-order valence-electron chi connectivity index (χ2n) is 10.1. The topological polar surface area (TPSA) is 110 Å². The van der Waals surface area contributed by atoms with Gasteiger partial charge in [0.15, 0.2) is 5.78 Å². The van der Waals surface area contributed by atoms with Crippen molar-refractivity contribution in [1.29, 1.82) is 0 Å². The average Bonchev–Trinajstić information content (AvgIpc) is 3.47. The number of rotatable bonds is 13. The molecule has 210 valence electrons. The molecule has 0 spiro atoms. The first-order valence-corrected chi connectivity index (χ1v) is 15.3. The summed E-state index contributed by atoms with van der Waals surface area (Å²) in [6.45, 7) is 4.39. The summed E-state index contributed by atoms with van der Waals surface area (Å²) in [5, 5.41) is 0.603. The van der Waals surface area contributed by atoms with Crippen molar-refractivity contribution in [2.24, 2.45) is 0 Å². The van der Waals surface area contributed by atoms with Gasteiger partial charge in [0.25, 0.3) is 0 Å². The minimum absolute atomic E-state index is 0.0270. The van der Waals surface area contributed by atoms with Crippen LogP contribution in [0.4, 0.5) is 0 Å². The molecule has 0 unspecified atom stereocenters. The average molecular weight is 574 g/mol. The molecule has 4 rings (SSSR count). The number of furan rings is 1. The van der Waals surface area contributed by atoms with Crippen LogP contribution < -0.4 is 4.74 Å². The molecule has 0 saturated heterocycles. The maximum absolute atomic E-state index is 14.0. The minimum atomic E-state index is -3.71. The number of methoxy groups -OCH3 is 1. The van der Waals surface area contributed by atoms with Crippen molar-refractivity contribution < 1.29 is 27.2 Å². The van der Waals surface area contributed by atoms with Gasteiger partial charge in [-0.15, -0.1) is 11.3 Å². The Kier molecular flexibility index (Phi) is 8.63. The van der Waals surface area contributed by atoms with Crippen LogP contribution in [0.1, 0.15) is 56.7 Å². The van der Waals surface area contributed by atoms with Gasteiger partial charge >= 0.3 is 0 Å². The van der Waals surface area contributed by atoms with E-state index in [1.54, 1.807) is 14.0 Å². The lowest BCUT2D eigenvalue weighted by molar-refractivity contribution is -0.134. The minimum Gasteiger partial charge on any atom is -0.497 e. The zero-order valence-electron chi connectivity index (χ0n) is 23.0. The van der Waals surface area contributed by atoms with Gasteiger partial charge in [-0.25, -0.2) is 17.7 Å². The highest BCUT2D eigenvalue weighted by molar-refractivity contribution is 7.89. The predicted molar refractivity (Wildman–Crippen MR) is 150 cm³/mol. The third kappa shape index (κ3) is 6.59. The smallest absolute Gasteiger partial charge is 0.233 e. The summed E-state index contributed by atoms with van der Waals surface area (Å²) in [6.07, 6.45) is 2.91. The molecule has 0 radical (unpaired) electrons. The molecule has 0 atom stereocenters. The SMILES string of the molecule is COc1ccc(C2(C(=O)N(CCCc3ccc(C)o3)Cc3nc(C(=O)CS(=O)(=O)N(C)C)c(C)s3)CC2)cc1. The van der Waals surface area contributed by atoms with E-state index < -0.39 is 27.0 Å². The Hall–Kier alpha value is -3.02. The molecule has 3 aromatic rings. The first-order valence-electron chi connectivity index (χ1n) is 12.8. The number of benzene rings is 1. The van der Waals surface area contributed by atoms with E-state index >= 15 is 0 Å². The molecule has 1 aliphatic carbocycles. The van der Waals surface area contributed by atoms with Crippen LogP contribution in [0.15, 0.2) is 40.8 Å². The lowest BCUT2D eigenvalue weighted by Crippen LogP contribution is -2.39. The molecule has 39 heavy (non-hydrogen) atoms. The van der Waals surface area contributed by atoms with E-state index in [-0.39, 0.29) is 18.1 Å². The van der Waals surface area contributed by atoms with Crippen molar-refractivity contribution in [3.8, 4) is 5.75 Å². The van der Waals surface area contributed by atoms with Crippen LogP contribution in [0.25, 0.3) is 0 Å². The van der Waals surface area contributed by atoms with Crippen LogP contribution in [0.2, 0.25) is 0 Å². The number of thiazole rings is 1. The molecule has 1 amide bonds. The first-order chi connectivity index (χ1) is 18.4. The number of sulfonamides is 1. The van der Waals surface area contributed by atoms with E-state index in [0.29, 0.717) is 29.3 Å². The molecule has 0 bridgehead atoms. The van der Waals surface area contributed by atoms with Gasteiger partial charge in [0.1, 0.15) is 33.7 Å².